The molecule has 0 aromatic heterocycles. The molecule has 1 aromatic rings. The zero-order valence-corrected chi connectivity index (χ0v) is 11.7. The van der Waals surface area contributed by atoms with E-state index in [9.17, 15) is 4.79 Å². The minimum atomic E-state index is 0.0325. The Kier molecular flexibility index (Phi) is 6.09. The number of ketones is 1. The zero-order chi connectivity index (χ0) is 14.3. The van der Waals surface area contributed by atoms with Gasteiger partial charge in [0.2, 0.25) is 0 Å². The number of aliphatic imine (C=N–C) groups is 1. The summed E-state index contributed by atoms with van der Waals surface area (Å²) in [5, 5.41) is 0.643. The van der Waals surface area contributed by atoms with E-state index in [0.717, 1.165) is 11.1 Å². The first-order valence-corrected chi connectivity index (χ1v) is 6.40. The van der Waals surface area contributed by atoms with Crippen molar-refractivity contribution in [3.8, 4) is 0 Å². The van der Waals surface area contributed by atoms with Crippen LogP contribution in [0.5, 0.6) is 0 Å². The Hall–Kier alpha value is -1.81. The van der Waals surface area contributed by atoms with Crippen LogP contribution in [0.4, 0.5) is 0 Å². The van der Waals surface area contributed by atoms with E-state index in [2.05, 4.69) is 4.99 Å². The minimum absolute atomic E-state index is 0.0325. The van der Waals surface area contributed by atoms with E-state index in [1.54, 1.807) is 18.2 Å². The summed E-state index contributed by atoms with van der Waals surface area (Å²) in [6.45, 7) is 2.42. The van der Waals surface area contributed by atoms with Crippen LogP contribution >= 0.6 is 11.6 Å². The van der Waals surface area contributed by atoms with Gasteiger partial charge in [-0.15, -0.1) is 0 Å². The third-order valence-electron chi connectivity index (χ3n) is 2.58. The van der Waals surface area contributed by atoms with Crippen molar-refractivity contribution >= 4 is 29.4 Å². The fraction of sp³-hybridized carbons (Fsp3) is 0.286. The number of halogens is 1. The number of nitrogens with zero attached hydrogens (tertiary/aromatic N) is 1. The van der Waals surface area contributed by atoms with Gasteiger partial charge >= 0.3 is 0 Å². The van der Waals surface area contributed by atoms with Crippen molar-refractivity contribution in [3.05, 3.63) is 40.4 Å². The molecule has 0 bridgehead atoms. The minimum Gasteiger partial charge on any atom is -0.370 e. The largest absolute Gasteiger partial charge is 0.370 e. The molecule has 4 nitrogen and oxygen atoms in total. The monoisotopic (exact) mass is 279 g/mol. The summed E-state index contributed by atoms with van der Waals surface area (Å²) in [6.07, 6.45) is 4.34. The smallest absolute Gasteiger partial charge is 0.185 e. The van der Waals surface area contributed by atoms with Crippen LogP contribution in [-0.4, -0.2) is 18.3 Å². The van der Waals surface area contributed by atoms with Gasteiger partial charge < -0.3 is 11.5 Å². The van der Waals surface area contributed by atoms with Gasteiger partial charge in [-0.1, -0.05) is 23.7 Å². The first kappa shape index (κ1) is 15.2. The molecule has 0 spiro atoms. The van der Waals surface area contributed by atoms with Gasteiger partial charge in [-0.25, -0.2) is 0 Å². The van der Waals surface area contributed by atoms with E-state index >= 15 is 0 Å². The van der Waals surface area contributed by atoms with Crippen LogP contribution in [0.3, 0.4) is 0 Å². The van der Waals surface area contributed by atoms with Gasteiger partial charge in [0.05, 0.1) is 0 Å². The third kappa shape index (κ3) is 5.57. The highest BCUT2D eigenvalue weighted by molar-refractivity contribution is 6.32. The molecule has 1 aromatic carbocycles. The molecule has 0 aliphatic heterocycles. The SMILES string of the molecule is Cc1cccc(Cl)c1C=CC(=O)CCCN=C(N)N. The molecule has 0 atom stereocenters. The lowest BCUT2D eigenvalue weighted by atomic mass is 10.1. The summed E-state index contributed by atoms with van der Waals surface area (Å²) < 4.78 is 0. The molecule has 0 saturated carbocycles. The first-order chi connectivity index (χ1) is 9.00. The standard InChI is InChI=1S/C14H18ClN3O/c1-10-4-2-6-13(15)12(10)8-7-11(19)5-3-9-18-14(16)17/h2,4,6-8H,3,5,9H2,1H3,(H4,16,17,18). The molecule has 19 heavy (non-hydrogen) atoms. The number of allylic oxidation sites excluding steroid dienone is 1. The summed E-state index contributed by atoms with van der Waals surface area (Å²) in [4.78, 5) is 15.5. The second-order valence-electron chi connectivity index (χ2n) is 4.18. The number of hydrogen-bond donors (Lipinski definition) is 2. The number of carbonyl (C=O) groups is 1. The summed E-state index contributed by atoms with van der Waals surface area (Å²) in [5.41, 5.74) is 12.3. The molecule has 0 fully saturated rings. The zero-order valence-electron chi connectivity index (χ0n) is 10.9. The fourth-order valence-electron chi connectivity index (χ4n) is 1.58. The number of guanidine groups is 1. The van der Waals surface area contributed by atoms with E-state index in [4.69, 9.17) is 23.1 Å². The Bertz CT molecular complexity index is 485. The Balaban J connectivity index is 2.52. The van der Waals surface area contributed by atoms with Gasteiger partial charge in [-0.2, -0.15) is 0 Å². The predicted octanol–water partition coefficient (Wildman–Crippen LogP) is 2.28. The van der Waals surface area contributed by atoms with E-state index in [1.807, 2.05) is 19.1 Å². The molecular formula is C14H18ClN3O. The summed E-state index contributed by atoms with van der Waals surface area (Å²) >= 11 is 6.07. The van der Waals surface area contributed by atoms with Crippen molar-refractivity contribution in [2.45, 2.75) is 19.8 Å². The van der Waals surface area contributed by atoms with Crippen molar-refractivity contribution in [1.82, 2.24) is 0 Å². The van der Waals surface area contributed by atoms with Crippen molar-refractivity contribution in [3.63, 3.8) is 0 Å². The third-order valence-corrected chi connectivity index (χ3v) is 2.91. The van der Waals surface area contributed by atoms with Crippen LogP contribution in [0.1, 0.15) is 24.0 Å². The molecule has 5 heteroatoms. The molecule has 0 radical (unpaired) electrons. The molecule has 0 heterocycles. The Labute approximate surface area is 118 Å². The molecule has 4 N–H and O–H groups in total. The Morgan fingerprint density at radius 3 is 2.79 bits per heavy atom. The lowest BCUT2D eigenvalue weighted by Gasteiger charge is -2.02. The second-order valence-corrected chi connectivity index (χ2v) is 4.59. The van der Waals surface area contributed by atoms with Crippen LogP contribution in [0.25, 0.3) is 6.08 Å². The van der Waals surface area contributed by atoms with E-state index in [-0.39, 0.29) is 11.7 Å². The lowest BCUT2D eigenvalue weighted by Crippen LogP contribution is -2.23. The van der Waals surface area contributed by atoms with E-state index in [1.165, 1.54) is 0 Å². The quantitative estimate of drug-likeness (QED) is 0.363. The summed E-state index contributed by atoms with van der Waals surface area (Å²) in [6, 6.07) is 5.64. The molecule has 1 rings (SSSR count). The average molecular weight is 280 g/mol. The van der Waals surface area contributed by atoms with Crippen LogP contribution in [0.15, 0.2) is 29.3 Å². The fourth-order valence-corrected chi connectivity index (χ4v) is 1.86. The number of carbonyl (C=O) groups excluding carboxylic acids is 1. The van der Waals surface area contributed by atoms with Crippen molar-refractivity contribution in [1.29, 1.82) is 0 Å². The first-order valence-electron chi connectivity index (χ1n) is 6.02. The molecule has 102 valence electrons. The number of nitrogens with two attached hydrogens (primary N) is 2. The molecular weight excluding hydrogens is 262 g/mol. The number of aryl methyl sites for hydroxylation is 1. The Morgan fingerprint density at radius 2 is 2.16 bits per heavy atom. The molecule has 0 unspecified atom stereocenters. The normalized spacial score (nSPS) is 10.6. The predicted molar refractivity (Wildman–Crippen MR) is 80.1 cm³/mol. The lowest BCUT2D eigenvalue weighted by molar-refractivity contribution is -0.114. The number of rotatable bonds is 6. The van der Waals surface area contributed by atoms with Gasteiger partial charge in [0.15, 0.2) is 11.7 Å². The van der Waals surface area contributed by atoms with E-state index in [0.29, 0.717) is 24.4 Å². The average Bonchev–Trinajstić information content (AvgIpc) is 2.34. The van der Waals surface area contributed by atoms with Crippen LogP contribution in [-0.2, 0) is 4.79 Å². The van der Waals surface area contributed by atoms with Gasteiger partial charge in [-0.3, -0.25) is 9.79 Å². The molecule has 0 aliphatic carbocycles. The maximum atomic E-state index is 11.6. The summed E-state index contributed by atoms with van der Waals surface area (Å²) in [5.74, 6) is 0.0831. The molecule has 0 amide bonds. The number of benzene rings is 1. The molecule has 0 saturated heterocycles. The van der Waals surface area contributed by atoms with Crippen molar-refractivity contribution < 1.29 is 4.79 Å². The van der Waals surface area contributed by atoms with Crippen molar-refractivity contribution in [2.75, 3.05) is 6.54 Å². The summed E-state index contributed by atoms with van der Waals surface area (Å²) in [7, 11) is 0. The number of hydrogen-bond acceptors (Lipinski definition) is 2. The highest BCUT2D eigenvalue weighted by atomic mass is 35.5. The van der Waals surface area contributed by atoms with Gasteiger partial charge in [0, 0.05) is 18.0 Å². The van der Waals surface area contributed by atoms with Crippen LogP contribution in [0, 0.1) is 6.92 Å². The maximum absolute atomic E-state index is 11.6. The maximum Gasteiger partial charge on any atom is 0.185 e. The van der Waals surface area contributed by atoms with Crippen molar-refractivity contribution in [2.24, 2.45) is 16.5 Å². The van der Waals surface area contributed by atoms with Crippen LogP contribution in [0.2, 0.25) is 5.02 Å². The van der Waals surface area contributed by atoms with Gasteiger partial charge in [0.25, 0.3) is 0 Å². The van der Waals surface area contributed by atoms with Gasteiger partial charge in [0.1, 0.15) is 0 Å². The second kappa shape index (κ2) is 7.59. The topological polar surface area (TPSA) is 81.5 Å². The van der Waals surface area contributed by atoms with E-state index < -0.39 is 0 Å². The van der Waals surface area contributed by atoms with Gasteiger partial charge in [-0.05, 0) is 42.7 Å². The van der Waals surface area contributed by atoms with Crippen LogP contribution < -0.4 is 11.5 Å². The molecule has 0 aliphatic rings. The highest BCUT2D eigenvalue weighted by Crippen LogP contribution is 2.20. The highest BCUT2D eigenvalue weighted by Gasteiger charge is 2.01. The Morgan fingerprint density at radius 1 is 1.42 bits per heavy atom.